The van der Waals surface area contributed by atoms with Crippen molar-refractivity contribution in [1.82, 2.24) is 35.2 Å². The van der Waals surface area contributed by atoms with Gasteiger partial charge in [0, 0.05) is 43.6 Å². The lowest BCUT2D eigenvalue weighted by Crippen LogP contribution is -2.48. The van der Waals surface area contributed by atoms with Gasteiger partial charge in [-0.05, 0) is 48.5 Å². The van der Waals surface area contributed by atoms with Gasteiger partial charge in [-0.25, -0.2) is 9.97 Å². The molecule has 5 rings (SSSR count). The van der Waals surface area contributed by atoms with Gasteiger partial charge < -0.3 is 9.80 Å². The highest BCUT2D eigenvalue weighted by Gasteiger charge is 2.25. The van der Waals surface area contributed by atoms with Gasteiger partial charge in [0.05, 0.1) is 5.69 Å². The molecule has 0 radical (unpaired) electrons. The number of nitrogens with zero attached hydrogens (tertiary/aromatic N) is 9. The molecule has 1 saturated heterocycles. The third kappa shape index (κ3) is 3.70. The van der Waals surface area contributed by atoms with E-state index in [1.807, 2.05) is 55.5 Å². The van der Waals surface area contributed by atoms with Crippen molar-refractivity contribution in [3.8, 4) is 17.2 Å². The predicted octanol–water partition coefficient (Wildman–Crippen LogP) is 2.46. The standard InChI is InChI=1S/C22H23N9/c1-16-17(2)24-20(19-10-6-7-11-23-19)25-21(16)29-12-14-30(15-13-29)22-26-27-28-31(22)18-8-4-3-5-9-18/h3-11H,12-15H2,1-2H3. The second-order valence-corrected chi connectivity index (χ2v) is 7.50. The minimum atomic E-state index is 0.661. The molecule has 0 amide bonds. The van der Waals surface area contributed by atoms with E-state index in [2.05, 4.69) is 42.2 Å². The molecule has 1 aliphatic heterocycles. The average molecular weight is 413 g/mol. The van der Waals surface area contributed by atoms with Gasteiger partial charge in [-0.1, -0.05) is 29.4 Å². The van der Waals surface area contributed by atoms with Crippen LogP contribution in [0.25, 0.3) is 17.2 Å². The molecule has 1 aromatic carbocycles. The number of aryl methyl sites for hydroxylation is 1. The average Bonchev–Trinajstić information content (AvgIpc) is 3.32. The van der Waals surface area contributed by atoms with Crippen LogP contribution in [0.4, 0.5) is 11.8 Å². The number of pyridine rings is 1. The highest BCUT2D eigenvalue weighted by atomic mass is 15.6. The lowest BCUT2D eigenvalue weighted by Gasteiger charge is -2.36. The third-order valence-corrected chi connectivity index (χ3v) is 5.57. The molecule has 9 heteroatoms. The van der Waals surface area contributed by atoms with Gasteiger partial charge >= 0.3 is 0 Å². The minimum Gasteiger partial charge on any atom is -0.353 e. The Morgan fingerprint density at radius 2 is 1.55 bits per heavy atom. The Morgan fingerprint density at radius 3 is 2.29 bits per heavy atom. The van der Waals surface area contributed by atoms with E-state index in [0.717, 1.165) is 60.6 Å². The van der Waals surface area contributed by atoms with Crippen LogP contribution >= 0.6 is 0 Å². The largest absolute Gasteiger partial charge is 0.353 e. The maximum atomic E-state index is 4.87. The molecule has 0 spiro atoms. The van der Waals surface area contributed by atoms with Crippen LogP contribution in [0.3, 0.4) is 0 Å². The summed E-state index contributed by atoms with van der Waals surface area (Å²) >= 11 is 0. The molecule has 0 aliphatic carbocycles. The van der Waals surface area contributed by atoms with Crippen molar-refractivity contribution in [2.75, 3.05) is 36.0 Å². The summed E-state index contributed by atoms with van der Waals surface area (Å²) in [6.45, 7) is 7.34. The van der Waals surface area contributed by atoms with E-state index in [0.29, 0.717) is 5.82 Å². The number of para-hydroxylation sites is 1. The Hall–Kier alpha value is -3.88. The summed E-state index contributed by atoms with van der Waals surface area (Å²) in [5.74, 6) is 2.39. The van der Waals surface area contributed by atoms with Gasteiger partial charge in [0.25, 0.3) is 0 Å². The fourth-order valence-electron chi connectivity index (χ4n) is 3.77. The van der Waals surface area contributed by atoms with Crippen molar-refractivity contribution in [2.45, 2.75) is 13.8 Å². The zero-order valence-corrected chi connectivity index (χ0v) is 17.5. The molecule has 156 valence electrons. The van der Waals surface area contributed by atoms with Crippen molar-refractivity contribution in [1.29, 1.82) is 0 Å². The molecule has 4 aromatic rings. The Kier molecular flexibility index (Phi) is 4.99. The molecule has 4 heterocycles. The number of rotatable bonds is 4. The van der Waals surface area contributed by atoms with Gasteiger partial charge in [0.1, 0.15) is 11.5 Å². The SMILES string of the molecule is Cc1nc(-c2ccccn2)nc(N2CCN(c3nnnn3-c3ccccc3)CC2)c1C. The van der Waals surface area contributed by atoms with Crippen LogP contribution in [0, 0.1) is 13.8 Å². The van der Waals surface area contributed by atoms with Gasteiger partial charge in [-0.2, -0.15) is 4.68 Å². The summed E-state index contributed by atoms with van der Waals surface area (Å²) in [6, 6.07) is 15.7. The van der Waals surface area contributed by atoms with E-state index in [-0.39, 0.29) is 0 Å². The monoisotopic (exact) mass is 413 g/mol. The van der Waals surface area contributed by atoms with Crippen molar-refractivity contribution in [2.24, 2.45) is 0 Å². The summed E-state index contributed by atoms with van der Waals surface area (Å²) in [5.41, 5.74) is 3.81. The second kappa shape index (κ2) is 8.10. The normalized spacial score (nSPS) is 14.1. The van der Waals surface area contributed by atoms with E-state index in [1.54, 1.807) is 10.9 Å². The lowest BCUT2D eigenvalue weighted by molar-refractivity contribution is 0.624. The van der Waals surface area contributed by atoms with Crippen LogP contribution < -0.4 is 9.80 Å². The zero-order chi connectivity index (χ0) is 21.2. The van der Waals surface area contributed by atoms with E-state index < -0.39 is 0 Å². The Labute approximate surface area is 180 Å². The van der Waals surface area contributed by atoms with Crippen molar-refractivity contribution < 1.29 is 0 Å². The van der Waals surface area contributed by atoms with E-state index in [1.165, 1.54) is 0 Å². The first kappa shape index (κ1) is 19.1. The highest BCUT2D eigenvalue weighted by Crippen LogP contribution is 2.25. The molecule has 1 aliphatic rings. The molecule has 0 atom stereocenters. The molecule has 31 heavy (non-hydrogen) atoms. The summed E-state index contributed by atoms with van der Waals surface area (Å²) in [7, 11) is 0. The Bertz CT molecular complexity index is 1170. The van der Waals surface area contributed by atoms with E-state index in [9.17, 15) is 0 Å². The van der Waals surface area contributed by atoms with Crippen LogP contribution in [0.1, 0.15) is 11.3 Å². The van der Waals surface area contributed by atoms with Gasteiger partial charge in [0.2, 0.25) is 5.95 Å². The van der Waals surface area contributed by atoms with E-state index >= 15 is 0 Å². The summed E-state index contributed by atoms with van der Waals surface area (Å²) in [5, 5.41) is 12.4. The minimum absolute atomic E-state index is 0.661. The maximum absolute atomic E-state index is 4.87. The molecule has 1 fully saturated rings. The Morgan fingerprint density at radius 1 is 0.806 bits per heavy atom. The third-order valence-electron chi connectivity index (χ3n) is 5.57. The molecule has 9 nitrogen and oxygen atoms in total. The number of anilines is 2. The topological polar surface area (TPSA) is 88.8 Å². The maximum Gasteiger partial charge on any atom is 0.250 e. The quantitative estimate of drug-likeness (QED) is 0.504. The van der Waals surface area contributed by atoms with Gasteiger partial charge in [-0.15, -0.1) is 0 Å². The number of aromatic nitrogens is 7. The van der Waals surface area contributed by atoms with Crippen molar-refractivity contribution in [3.05, 3.63) is 66.0 Å². The zero-order valence-electron chi connectivity index (χ0n) is 17.5. The van der Waals surface area contributed by atoms with Gasteiger partial charge in [-0.3, -0.25) is 4.98 Å². The molecule has 0 bridgehead atoms. The Balaban J connectivity index is 1.37. The van der Waals surface area contributed by atoms with Crippen LogP contribution in [0.2, 0.25) is 0 Å². The van der Waals surface area contributed by atoms with E-state index in [4.69, 9.17) is 4.98 Å². The summed E-state index contributed by atoms with van der Waals surface area (Å²) in [6.07, 6.45) is 1.77. The number of hydrogen-bond acceptors (Lipinski definition) is 8. The fourth-order valence-corrected chi connectivity index (χ4v) is 3.77. The van der Waals surface area contributed by atoms with Crippen LogP contribution in [-0.4, -0.2) is 61.3 Å². The first-order chi connectivity index (χ1) is 15.2. The molecular weight excluding hydrogens is 390 g/mol. The lowest BCUT2D eigenvalue weighted by atomic mass is 10.2. The fraction of sp³-hybridized carbons (Fsp3) is 0.273. The first-order valence-electron chi connectivity index (χ1n) is 10.3. The molecule has 3 aromatic heterocycles. The van der Waals surface area contributed by atoms with Crippen LogP contribution in [0.15, 0.2) is 54.7 Å². The smallest absolute Gasteiger partial charge is 0.250 e. The van der Waals surface area contributed by atoms with Crippen LogP contribution in [0.5, 0.6) is 0 Å². The summed E-state index contributed by atoms with van der Waals surface area (Å²) < 4.78 is 1.79. The second-order valence-electron chi connectivity index (χ2n) is 7.50. The molecule has 0 unspecified atom stereocenters. The first-order valence-corrected chi connectivity index (χ1v) is 10.3. The van der Waals surface area contributed by atoms with Crippen molar-refractivity contribution >= 4 is 11.8 Å². The highest BCUT2D eigenvalue weighted by molar-refractivity contribution is 5.58. The predicted molar refractivity (Wildman–Crippen MR) is 118 cm³/mol. The van der Waals surface area contributed by atoms with Crippen LogP contribution in [-0.2, 0) is 0 Å². The molecule has 0 N–H and O–H groups in total. The number of tetrazole rings is 1. The van der Waals surface area contributed by atoms with Gasteiger partial charge in [0.15, 0.2) is 5.82 Å². The number of benzene rings is 1. The number of hydrogen-bond donors (Lipinski definition) is 0. The summed E-state index contributed by atoms with van der Waals surface area (Å²) in [4.78, 5) is 18.5. The van der Waals surface area contributed by atoms with Crippen molar-refractivity contribution in [3.63, 3.8) is 0 Å². The molecule has 0 saturated carbocycles. The molecular formula is C22H23N9. The number of piperazine rings is 1.